The molecule has 8 aromatic carbocycles. The van der Waals surface area contributed by atoms with E-state index in [1.807, 2.05) is 238 Å². The van der Waals surface area contributed by atoms with E-state index in [1.54, 1.807) is 98.4 Å². The van der Waals surface area contributed by atoms with Crippen molar-refractivity contribution in [2.75, 3.05) is 58.7 Å². The number of hydrogen-bond donors (Lipinski definition) is 0. The van der Waals surface area contributed by atoms with Gasteiger partial charge in [0.2, 0.25) is 0 Å². The Balaban J connectivity index is 0.000000156. The SMILES string of the molecule is C#Cc1cccc(C(=O)Cc2cc(F)cc(N(CC)c3cccnc3)c2)c1.CCN(c1cccnc1)c1cc(F)cc(CC(=O)c2cccc(C)c2)c1.CN(c1cncnc1)c1cccc(CC(=O)c2cccc(C(C)(F)F)n2)c1.Cc1cccc(C(=O)Cc2ccc(Cl)c(N(C)c3cncnc3)c2)c1.Cc1cccc(C(=O)Cc2cccc(N(C)c3cncnc3)c2)n1. The number of Topliss-reactive ketones (excluding diaryl/α,β-unsaturated/α-hetero) is 5. The molecule has 7 heterocycles. The lowest BCUT2D eigenvalue weighted by molar-refractivity contribution is 0.0126. The predicted molar refractivity (Wildman–Crippen MR) is 501 cm³/mol. The number of rotatable bonds is 28. The van der Waals surface area contributed by atoms with Gasteiger partial charge in [0.25, 0.3) is 5.92 Å². The van der Waals surface area contributed by atoms with Gasteiger partial charge in [-0.3, -0.25) is 38.9 Å². The molecule has 0 N–H and O–H groups in total. The van der Waals surface area contributed by atoms with Crippen LogP contribution in [0.15, 0.2) is 318 Å². The van der Waals surface area contributed by atoms with Crippen molar-refractivity contribution in [2.45, 2.75) is 79.6 Å². The maximum Gasteiger partial charge on any atom is 0.286 e. The zero-order valence-corrected chi connectivity index (χ0v) is 73.4. The Morgan fingerprint density at radius 1 is 0.372 bits per heavy atom. The van der Waals surface area contributed by atoms with Crippen LogP contribution in [0.25, 0.3) is 0 Å². The van der Waals surface area contributed by atoms with E-state index in [9.17, 15) is 41.5 Å². The van der Waals surface area contributed by atoms with Gasteiger partial charge in [-0.2, -0.15) is 8.78 Å². The number of alkyl halides is 2. The van der Waals surface area contributed by atoms with Gasteiger partial charge in [0.05, 0.1) is 88.7 Å². The Labute approximate surface area is 753 Å². The zero-order valence-electron chi connectivity index (χ0n) is 72.7. The molecule has 20 nitrogen and oxygen atoms in total. The van der Waals surface area contributed by atoms with Crippen molar-refractivity contribution in [3.8, 4) is 12.3 Å². The standard InChI is InChI=1S/C23H19FN2O.C22H21FN2O.C20H18ClN3O.C20H18F2N4O.C19H18N4O/c1-3-17-7-5-8-19(11-17)23(27)14-18-12-20(24)15-22(13-18)26(4-2)21-9-6-10-25-16-21;1-3-25(20-8-5-9-24-15-20)21-12-17(11-19(23)14-21)13-22(26)18-7-4-6-16(2)10-18;1-14-4-3-5-16(8-14)20(25)10-15-6-7-18(21)19(9-15)24(2)17-11-22-13-23-12-17;1-20(21,22)19-8-4-7-17(25-19)18(27)10-14-5-3-6-15(9-14)26(2)16-11-23-13-24-12-16;1-14-5-3-8-18(22-14)19(24)10-15-6-4-7-16(9-15)23(2)17-11-20-13-21-12-17/h1,5-13,15-16H,4,14H2,2H3;4-12,14-15H,3,13H2,1-2H3;3-9,11-13H,10H2,1-2H3;3-9,11-13H,10H2,1-2H3;3-9,11-13H,10H2,1-2H3. The molecule has 0 atom stereocenters. The van der Waals surface area contributed by atoms with E-state index in [1.165, 1.54) is 61.4 Å². The molecule has 15 rings (SSSR count). The van der Waals surface area contributed by atoms with Crippen LogP contribution in [0.3, 0.4) is 0 Å². The Morgan fingerprint density at radius 3 is 1.18 bits per heavy atom. The first kappa shape index (κ1) is 94.2. The number of aryl methyl sites for hydroxylation is 3. The number of terminal acetylenes is 1. The smallest absolute Gasteiger partial charge is 0.286 e. The van der Waals surface area contributed by atoms with E-state index in [-0.39, 0.29) is 65.5 Å². The molecule has 0 saturated heterocycles. The molecule has 129 heavy (non-hydrogen) atoms. The van der Waals surface area contributed by atoms with Gasteiger partial charge in [0, 0.05) is 136 Å². The lowest BCUT2D eigenvalue weighted by Crippen LogP contribution is -2.17. The van der Waals surface area contributed by atoms with Crippen LogP contribution >= 0.6 is 11.6 Å². The summed E-state index contributed by atoms with van der Waals surface area (Å²) in [4.78, 5) is 113. The van der Waals surface area contributed by atoms with Crippen LogP contribution in [0.1, 0.15) is 129 Å². The summed E-state index contributed by atoms with van der Waals surface area (Å²) in [6.07, 6.45) is 28.0. The molecule has 0 unspecified atom stereocenters. The van der Waals surface area contributed by atoms with Crippen LogP contribution in [0.2, 0.25) is 5.02 Å². The van der Waals surface area contributed by atoms with Crippen molar-refractivity contribution < 1.29 is 41.5 Å². The highest BCUT2D eigenvalue weighted by molar-refractivity contribution is 6.33. The van der Waals surface area contributed by atoms with Crippen LogP contribution in [-0.2, 0) is 38.0 Å². The highest BCUT2D eigenvalue weighted by Gasteiger charge is 2.28. The van der Waals surface area contributed by atoms with Crippen molar-refractivity contribution in [1.29, 1.82) is 0 Å². The second-order valence-corrected chi connectivity index (χ2v) is 30.5. The van der Waals surface area contributed by atoms with Crippen molar-refractivity contribution in [3.63, 3.8) is 0 Å². The molecule has 0 saturated carbocycles. The quantitative estimate of drug-likeness (QED) is 0.0252. The van der Waals surface area contributed by atoms with Gasteiger partial charge in [0.1, 0.15) is 47.7 Å². The van der Waals surface area contributed by atoms with E-state index in [0.717, 1.165) is 91.5 Å². The monoisotopic (exact) mass is 1740 g/mol. The molecule has 0 aliphatic rings. The molecule has 25 heteroatoms. The Morgan fingerprint density at radius 2 is 0.752 bits per heavy atom. The second kappa shape index (κ2) is 45.9. The molecule has 15 aromatic rings. The summed E-state index contributed by atoms with van der Waals surface area (Å²) >= 11 is 6.35. The van der Waals surface area contributed by atoms with E-state index < -0.39 is 11.6 Å². The normalized spacial score (nSPS) is 10.6. The van der Waals surface area contributed by atoms with Crippen molar-refractivity contribution in [1.82, 2.24) is 49.8 Å². The fourth-order valence-corrected chi connectivity index (χ4v) is 14.0. The first-order chi connectivity index (χ1) is 62.2. The molecule has 0 spiro atoms. The zero-order chi connectivity index (χ0) is 91.9. The molecule has 0 aliphatic carbocycles. The number of aromatic nitrogens is 10. The van der Waals surface area contributed by atoms with Crippen molar-refractivity contribution >= 4 is 97.4 Å². The summed E-state index contributed by atoms with van der Waals surface area (Å²) in [5.41, 5.74) is 17.8. The molecule has 0 radical (unpaired) electrons. The summed E-state index contributed by atoms with van der Waals surface area (Å²) < 4.78 is 55.3. The molecule has 0 amide bonds. The molecular formula is C104H94ClF4N15O5. The Hall–Kier alpha value is -15.5. The summed E-state index contributed by atoms with van der Waals surface area (Å²) in [6, 6.07) is 69.5. The Kier molecular flexibility index (Phi) is 33.6. The first-order valence-corrected chi connectivity index (χ1v) is 41.6. The van der Waals surface area contributed by atoms with Gasteiger partial charge < -0.3 is 24.5 Å². The number of benzene rings is 8. The van der Waals surface area contributed by atoms with E-state index in [4.69, 9.17) is 18.0 Å². The van der Waals surface area contributed by atoms with Gasteiger partial charge in [-0.05, 0) is 208 Å². The van der Waals surface area contributed by atoms with Crippen molar-refractivity contribution in [3.05, 3.63) is 418 Å². The van der Waals surface area contributed by atoms with Crippen LogP contribution in [0.5, 0.6) is 0 Å². The van der Waals surface area contributed by atoms with Gasteiger partial charge in [0.15, 0.2) is 28.9 Å². The second-order valence-electron chi connectivity index (χ2n) is 30.1. The highest BCUT2D eigenvalue weighted by Crippen LogP contribution is 2.34. The topological polar surface area (TPSA) is 230 Å². The molecule has 650 valence electrons. The van der Waals surface area contributed by atoms with Gasteiger partial charge >= 0.3 is 0 Å². The third-order valence-electron chi connectivity index (χ3n) is 20.3. The largest absolute Gasteiger partial charge is 0.342 e. The molecule has 0 fully saturated rings. The third kappa shape index (κ3) is 27.5. The number of carbonyl (C=O) groups is 5. The number of pyridine rings is 4. The summed E-state index contributed by atoms with van der Waals surface area (Å²) in [5.74, 6) is -1.63. The number of anilines is 10. The van der Waals surface area contributed by atoms with Gasteiger partial charge in [-0.1, -0.05) is 120 Å². The van der Waals surface area contributed by atoms with E-state index >= 15 is 0 Å². The number of carbonyl (C=O) groups excluding carboxylic acids is 5. The first-order valence-electron chi connectivity index (χ1n) is 41.2. The number of halogens is 5. The maximum absolute atomic E-state index is 14.2. The molecule has 7 aromatic heterocycles. The van der Waals surface area contributed by atoms with E-state index in [2.05, 4.69) is 55.8 Å². The molecular weight excluding hydrogens is 1650 g/mol. The van der Waals surface area contributed by atoms with Crippen LogP contribution < -0.4 is 24.5 Å². The lowest BCUT2D eigenvalue weighted by atomic mass is 10.0. The minimum absolute atomic E-state index is 0.0153. The maximum atomic E-state index is 14.2. The number of ketones is 5. The van der Waals surface area contributed by atoms with Crippen LogP contribution in [-0.4, -0.2) is 113 Å². The summed E-state index contributed by atoms with van der Waals surface area (Å²) in [5, 5.41) is 0.609. The minimum atomic E-state index is -3.09. The van der Waals surface area contributed by atoms with Crippen molar-refractivity contribution in [2.24, 2.45) is 0 Å². The van der Waals surface area contributed by atoms with Gasteiger partial charge in [-0.25, -0.2) is 43.7 Å². The average Bonchev–Trinajstić information content (AvgIpc) is 0.825. The minimum Gasteiger partial charge on any atom is -0.342 e. The summed E-state index contributed by atoms with van der Waals surface area (Å²) in [7, 11) is 5.71. The average molecular weight is 1750 g/mol. The Bertz CT molecular complexity index is 6380. The fraction of sp³-hybridized carbons (Fsp3) is 0.163. The third-order valence-corrected chi connectivity index (χ3v) is 20.7. The van der Waals surface area contributed by atoms with Gasteiger partial charge in [-0.15, -0.1) is 6.42 Å². The fourth-order valence-electron chi connectivity index (χ4n) is 13.7. The highest BCUT2D eigenvalue weighted by atomic mass is 35.5. The number of nitrogens with zero attached hydrogens (tertiary/aromatic N) is 15. The molecule has 0 bridgehead atoms. The molecule has 0 aliphatic heterocycles. The number of hydrogen-bond acceptors (Lipinski definition) is 20. The van der Waals surface area contributed by atoms with E-state index in [0.29, 0.717) is 75.8 Å². The lowest BCUT2D eigenvalue weighted by Gasteiger charge is -2.23. The predicted octanol–water partition coefficient (Wildman–Crippen LogP) is 22.1. The summed E-state index contributed by atoms with van der Waals surface area (Å²) in [6.45, 7) is 11.9. The van der Waals surface area contributed by atoms with Crippen LogP contribution in [0.4, 0.5) is 74.4 Å². The van der Waals surface area contributed by atoms with Crippen LogP contribution in [0, 0.1) is 44.7 Å².